The van der Waals surface area contributed by atoms with Gasteiger partial charge in [-0.05, 0) is 11.4 Å². The van der Waals surface area contributed by atoms with E-state index in [4.69, 9.17) is 10.5 Å². The first-order valence-electron chi connectivity index (χ1n) is 8.14. The van der Waals surface area contributed by atoms with Crippen LogP contribution < -0.4 is 11.1 Å². The summed E-state index contributed by atoms with van der Waals surface area (Å²) < 4.78 is 9.94. The van der Waals surface area contributed by atoms with Gasteiger partial charge >= 0.3 is 12.1 Å². The normalized spacial score (nSPS) is 24.4. The molecule has 13 heteroatoms. The minimum absolute atomic E-state index is 0.0951. The van der Waals surface area contributed by atoms with Crippen LogP contribution in [-0.2, 0) is 23.9 Å². The van der Waals surface area contributed by atoms with E-state index in [2.05, 4.69) is 10.1 Å². The van der Waals surface area contributed by atoms with Gasteiger partial charge in [-0.3, -0.25) is 14.5 Å². The van der Waals surface area contributed by atoms with Gasteiger partial charge in [0.1, 0.15) is 17.7 Å². The molecule has 0 aromatic carbocycles. The Labute approximate surface area is 172 Å². The quantitative estimate of drug-likeness (QED) is 0.323. The van der Waals surface area contributed by atoms with E-state index in [9.17, 15) is 29.4 Å². The lowest BCUT2D eigenvalue weighted by Gasteiger charge is -2.55. The first kappa shape index (κ1) is 21.1. The van der Waals surface area contributed by atoms with Gasteiger partial charge in [-0.2, -0.15) is 0 Å². The fourth-order valence-corrected chi connectivity index (χ4v) is 5.17. The Kier molecular flexibility index (Phi) is 5.84. The van der Waals surface area contributed by atoms with Crippen molar-refractivity contribution in [1.29, 1.82) is 0 Å². The maximum absolute atomic E-state index is 12.9. The van der Waals surface area contributed by atoms with E-state index in [-0.39, 0.29) is 23.6 Å². The molecule has 3 rings (SSSR count). The number of fused-ring (bicyclic) bond motifs is 1. The number of carboxylic acid groups (broad SMARTS) is 1. The van der Waals surface area contributed by atoms with Crippen LogP contribution in [0.1, 0.15) is 11.0 Å². The van der Waals surface area contributed by atoms with Crippen LogP contribution in [0, 0.1) is 0 Å². The van der Waals surface area contributed by atoms with Crippen LogP contribution in [0.4, 0.5) is 4.79 Å². The van der Waals surface area contributed by atoms with Gasteiger partial charge in [0.15, 0.2) is 6.10 Å². The molecule has 29 heavy (non-hydrogen) atoms. The van der Waals surface area contributed by atoms with E-state index in [0.29, 0.717) is 4.88 Å². The molecule has 0 bridgehead atoms. The highest BCUT2D eigenvalue weighted by Crippen LogP contribution is 2.46. The first-order chi connectivity index (χ1) is 13.7. The Morgan fingerprint density at radius 1 is 1.48 bits per heavy atom. The van der Waals surface area contributed by atoms with Crippen LogP contribution in [0.3, 0.4) is 0 Å². The van der Waals surface area contributed by atoms with Crippen molar-refractivity contribution in [2.24, 2.45) is 5.73 Å². The van der Waals surface area contributed by atoms with Gasteiger partial charge in [0.05, 0.1) is 0 Å². The second kappa shape index (κ2) is 8.02. The molecule has 3 amide bonds. The third-order valence-electron chi connectivity index (χ3n) is 4.39. The number of carbonyl (C=O) groups is 4. The Hall–Kier alpha value is -2.61. The monoisotopic (exact) mass is 443 g/mol. The smallest absolute Gasteiger partial charge is 0.404 e. The summed E-state index contributed by atoms with van der Waals surface area (Å²) in [5, 5.41) is 22.9. The first-order valence-corrected chi connectivity index (χ1v) is 10.1. The molecule has 3 heterocycles. The summed E-state index contributed by atoms with van der Waals surface area (Å²) in [5.74, 6) is -2.98. The zero-order valence-corrected chi connectivity index (χ0v) is 16.6. The molecule has 3 atom stereocenters. The van der Waals surface area contributed by atoms with E-state index in [1.807, 2.05) is 0 Å². The van der Waals surface area contributed by atoms with Crippen molar-refractivity contribution in [3.05, 3.63) is 33.7 Å². The number of nitrogens with zero attached hydrogens (tertiary/aromatic N) is 1. The summed E-state index contributed by atoms with van der Waals surface area (Å²) in [6, 6.07) is 3.23. The van der Waals surface area contributed by atoms with Gasteiger partial charge < -0.3 is 30.7 Å². The van der Waals surface area contributed by atoms with Crippen molar-refractivity contribution in [3.8, 4) is 0 Å². The van der Waals surface area contributed by atoms with E-state index in [1.165, 1.54) is 18.4 Å². The number of nitrogens with one attached hydrogen (secondary N) is 1. The van der Waals surface area contributed by atoms with Gasteiger partial charge in [-0.1, -0.05) is 6.07 Å². The summed E-state index contributed by atoms with van der Waals surface area (Å²) in [6.45, 7) is -0.385. The number of aliphatic carboxylic acids is 1. The Morgan fingerprint density at radius 2 is 2.21 bits per heavy atom. The van der Waals surface area contributed by atoms with Crippen molar-refractivity contribution in [3.63, 3.8) is 0 Å². The summed E-state index contributed by atoms with van der Waals surface area (Å²) in [4.78, 5) is 49.2. The number of thiophene rings is 1. The summed E-state index contributed by atoms with van der Waals surface area (Å²) in [5.41, 5.74) is 2.90. The molecule has 1 unspecified atom stereocenters. The van der Waals surface area contributed by atoms with Crippen LogP contribution >= 0.6 is 23.1 Å². The Balaban J connectivity index is 1.84. The Bertz CT molecular complexity index is 887. The van der Waals surface area contributed by atoms with Crippen molar-refractivity contribution < 1.29 is 38.9 Å². The maximum atomic E-state index is 12.9. The number of primary amides is 1. The van der Waals surface area contributed by atoms with Crippen LogP contribution in [0.15, 0.2) is 28.8 Å². The Morgan fingerprint density at radius 3 is 2.76 bits per heavy atom. The summed E-state index contributed by atoms with van der Waals surface area (Å²) in [7, 11) is 1.20. The number of ether oxygens (including phenoxy) is 2. The third-order valence-corrected chi connectivity index (χ3v) is 6.69. The fourth-order valence-electron chi connectivity index (χ4n) is 3.04. The number of aliphatic hydroxyl groups excluding tert-OH is 1. The number of carbonyl (C=O) groups excluding carboxylic acids is 3. The van der Waals surface area contributed by atoms with E-state index in [0.717, 1.165) is 16.7 Å². The number of hydrogen-bond donors (Lipinski definition) is 4. The molecule has 1 fully saturated rings. The second-order valence-electron chi connectivity index (χ2n) is 6.05. The van der Waals surface area contributed by atoms with Crippen LogP contribution in [-0.4, -0.2) is 69.6 Å². The number of aliphatic hydroxyl groups is 1. The van der Waals surface area contributed by atoms with Crippen LogP contribution in [0.2, 0.25) is 0 Å². The lowest BCUT2D eigenvalue weighted by molar-refractivity contribution is -0.194. The standard InChI is InChI=1S/C16H17N3O8S2/c1-26-16(18-11(21)10(20)8-3-2-4-28-8)13(24)19-9(12(22)23)7(5-27-15(17)25)6-29-14(16)19/h2-4,10,14,20H,5-6H2,1H3,(H2,17,25)(H,18,21)(H,22,23)/t10?,14-,16+/m1/s1. The number of β-lactam (4-membered cyclic amide) rings is 1. The molecule has 0 radical (unpaired) electrons. The van der Waals surface area contributed by atoms with Gasteiger partial charge in [-0.15, -0.1) is 23.1 Å². The molecular weight excluding hydrogens is 426 g/mol. The zero-order valence-electron chi connectivity index (χ0n) is 15.0. The second-order valence-corrected chi connectivity index (χ2v) is 8.10. The molecule has 0 saturated carbocycles. The number of nitrogens with two attached hydrogens (primary N) is 1. The van der Waals surface area contributed by atoms with Gasteiger partial charge in [-0.25, -0.2) is 9.59 Å². The van der Waals surface area contributed by atoms with Gasteiger partial charge in [0.25, 0.3) is 17.5 Å². The van der Waals surface area contributed by atoms with Crippen molar-refractivity contribution in [2.75, 3.05) is 19.5 Å². The summed E-state index contributed by atoms with van der Waals surface area (Å²) >= 11 is 2.28. The molecule has 2 aliphatic rings. The zero-order chi connectivity index (χ0) is 21.3. The lowest BCUT2D eigenvalue weighted by Crippen LogP contribution is -2.81. The molecule has 0 spiro atoms. The highest BCUT2D eigenvalue weighted by molar-refractivity contribution is 8.00. The molecule has 156 valence electrons. The number of hydrogen-bond acceptors (Lipinski definition) is 9. The average molecular weight is 443 g/mol. The minimum atomic E-state index is -1.84. The minimum Gasteiger partial charge on any atom is -0.477 e. The van der Waals surface area contributed by atoms with Crippen LogP contribution in [0.5, 0.6) is 0 Å². The number of thioether (sulfide) groups is 1. The molecule has 1 aromatic heterocycles. The van der Waals surface area contributed by atoms with E-state index < -0.39 is 41.1 Å². The third kappa shape index (κ3) is 3.57. The SMILES string of the molecule is CO[C@@]1(NC(=O)C(O)c2cccs2)C(=O)N2C(C(=O)O)=C(COC(N)=O)CS[C@@H]21. The molecule has 1 aromatic rings. The van der Waals surface area contributed by atoms with Crippen molar-refractivity contribution in [1.82, 2.24) is 10.2 Å². The maximum Gasteiger partial charge on any atom is 0.404 e. The van der Waals surface area contributed by atoms with Crippen LogP contribution in [0.25, 0.3) is 0 Å². The molecule has 0 aliphatic carbocycles. The number of carboxylic acids is 1. The molecule has 5 N–H and O–H groups in total. The largest absolute Gasteiger partial charge is 0.477 e. The predicted octanol–water partition coefficient (Wildman–Crippen LogP) is -0.410. The number of amides is 3. The van der Waals surface area contributed by atoms with E-state index in [1.54, 1.807) is 17.5 Å². The molecular formula is C16H17N3O8S2. The topological polar surface area (TPSA) is 168 Å². The number of methoxy groups -OCH3 is 1. The van der Waals surface area contributed by atoms with Gasteiger partial charge in [0, 0.05) is 23.3 Å². The molecule has 2 aliphatic heterocycles. The number of rotatable bonds is 7. The van der Waals surface area contributed by atoms with Crippen molar-refractivity contribution >= 4 is 47.0 Å². The lowest BCUT2D eigenvalue weighted by atomic mass is 9.97. The highest BCUT2D eigenvalue weighted by atomic mass is 32.2. The fraction of sp³-hybridized carbons (Fsp3) is 0.375. The molecule has 1 saturated heterocycles. The summed E-state index contributed by atoms with van der Waals surface area (Å²) in [6.07, 6.45) is -2.59. The highest BCUT2D eigenvalue weighted by Gasteiger charge is 2.67. The average Bonchev–Trinajstić information content (AvgIpc) is 3.23. The predicted molar refractivity (Wildman–Crippen MR) is 100 cm³/mol. The van der Waals surface area contributed by atoms with Gasteiger partial charge in [0.2, 0.25) is 0 Å². The van der Waals surface area contributed by atoms with Crippen molar-refractivity contribution in [2.45, 2.75) is 17.2 Å². The molecule has 11 nitrogen and oxygen atoms in total. The van der Waals surface area contributed by atoms with E-state index >= 15 is 0 Å².